The normalized spacial score (nSPS) is 15.4. The van der Waals surface area contributed by atoms with Gasteiger partial charge in [-0.3, -0.25) is 0 Å². The van der Waals surface area contributed by atoms with Crippen LogP contribution >= 0.6 is 15.9 Å². The fourth-order valence-corrected chi connectivity index (χ4v) is 5.16. The van der Waals surface area contributed by atoms with E-state index in [0.717, 1.165) is 16.2 Å². The molecule has 0 spiro atoms. The van der Waals surface area contributed by atoms with Crippen LogP contribution in [0.2, 0.25) is 0 Å². The lowest BCUT2D eigenvalue weighted by Gasteiger charge is -2.15. The highest BCUT2D eigenvalue weighted by Crippen LogP contribution is 2.45. The van der Waals surface area contributed by atoms with Crippen molar-refractivity contribution >= 4 is 70.2 Å². The van der Waals surface area contributed by atoms with Crippen LogP contribution in [0.4, 0.5) is 0 Å². The van der Waals surface area contributed by atoms with E-state index in [1.807, 2.05) is 42.5 Å². The highest BCUT2D eigenvalue weighted by molar-refractivity contribution is 9.10. The van der Waals surface area contributed by atoms with E-state index in [0.29, 0.717) is 27.7 Å². The molecule has 7 aromatic rings. The average molecular weight is 481 g/mol. The standard InChI is InChI=1S/C30H17BrO/c31-30-22-12-5-3-10-20(22)28(21-11-4-6-13-23(21)30)24-14-7-15-26-29(24)25-16-18-8-1-2-9-19(18)17-27(25)32-26/h1-17H/i3D,4D,5D,6D,10D,11D,12D,13D. The fourth-order valence-electron chi connectivity index (χ4n) is 4.57. The van der Waals surface area contributed by atoms with Crippen molar-refractivity contribution in [3.05, 3.63) is 107 Å². The molecule has 0 N–H and O–H groups in total. The summed E-state index contributed by atoms with van der Waals surface area (Å²) in [5.74, 6) is 0. The molecule has 0 unspecified atom stereocenters. The molecular weight excluding hydrogens is 456 g/mol. The number of benzene rings is 6. The van der Waals surface area contributed by atoms with Gasteiger partial charge in [-0.2, -0.15) is 0 Å². The summed E-state index contributed by atoms with van der Waals surface area (Å²) in [7, 11) is 0. The summed E-state index contributed by atoms with van der Waals surface area (Å²) >= 11 is 3.47. The van der Waals surface area contributed by atoms with Crippen LogP contribution in [-0.4, -0.2) is 0 Å². The number of fused-ring (bicyclic) bond motifs is 6. The van der Waals surface area contributed by atoms with E-state index < -0.39 is 24.2 Å². The number of hydrogen-bond donors (Lipinski definition) is 0. The van der Waals surface area contributed by atoms with E-state index in [2.05, 4.69) is 15.9 Å². The van der Waals surface area contributed by atoms with Gasteiger partial charge >= 0.3 is 0 Å². The van der Waals surface area contributed by atoms with Gasteiger partial charge < -0.3 is 4.42 Å². The van der Waals surface area contributed by atoms with Crippen LogP contribution in [0.3, 0.4) is 0 Å². The molecular formula is C30H17BrO. The maximum Gasteiger partial charge on any atom is 0.136 e. The summed E-state index contributed by atoms with van der Waals surface area (Å²) in [6.07, 6.45) is 0. The maximum atomic E-state index is 8.92. The molecule has 6 aromatic carbocycles. The highest BCUT2D eigenvalue weighted by Gasteiger charge is 2.18. The van der Waals surface area contributed by atoms with Gasteiger partial charge in [0.2, 0.25) is 0 Å². The van der Waals surface area contributed by atoms with E-state index in [9.17, 15) is 0 Å². The first kappa shape index (κ1) is 11.8. The number of hydrogen-bond acceptors (Lipinski definition) is 1. The zero-order valence-corrected chi connectivity index (χ0v) is 18.1. The van der Waals surface area contributed by atoms with Gasteiger partial charge in [0, 0.05) is 15.2 Å². The Morgan fingerprint density at radius 2 is 1.25 bits per heavy atom. The SMILES string of the molecule is [2H]c1c([2H])c([2H])c2c(-c3cccc4oc5cc6ccccc6cc5c34)c3c([2H])c([2H])c([2H])c([2H])c3c(Br)c2c1[2H]. The predicted octanol–water partition coefficient (Wildman–Crippen LogP) is 9.48. The van der Waals surface area contributed by atoms with E-state index in [1.165, 1.54) is 0 Å². The third-order valence-corrected chi connectivity index (χ3v) is 6.74. The lowest BCUT2D eigenvalue weighted by Crippen LogP contribution is -1.88. The van der Waals surface area contributed by atoms with Crippen molar-refractivity contribution in [2.45, 2.75) is 0 Å². The van der Waals surface area contributed by atoms with E-state index in [4.69, 9.17) is 15.4 Å². The molecule has 1 heterocycles. The average Bonchev–Trinajstić information content (AvgIpc) is 3.32. The lowest BCUT2D eigenvalue weighted by molar-refractivity contribution is 0.669. The summed E-state index contributed by atoms with van der Waals surface area (Å²) in [5.41, 5.74) is 2.03. The van der Waals surface area contributed by atoms with E-state index in [1.54, 1.807) is 12.1 Å². The van der Waals surface area contributed by atoms with Crippen molar-refractivity contribution in [3.63, 3.8) is 0 Å². The van der Waals surface area contributed by atoms with Gasteiger partial charge in [-0.05, 0) is 77.6 Å². The highest BCUT2D eigenvalue weighted by atomic mass is 79.9. The zero-order chi connectivity index (χ0) is 28.2. The Morgan fingerprint density at radius 1 is 0.625 bits per heavy atom. The second kappa shape index (κ2) is 6.69. The first-order valence-corrected chi connectivity index (χ1v) is 10.9. The summed E-state index contributed by atoms with van der Waals surface area (Å²) in [4.78, 5) is 0. The Hall–Kier alpha value is -3.62. The van der Waals surface area contributed by atoms with Gasteiger partial charge in [0.1, 0.15) is 11.2 Å². The van der Waals surface area contributed by atoms with Crippen molar-refractivity contribution in [1.82, 2.24) is 0 Å². The molecule has 1 nitrogen and oxygen atoms in total. The third-order valence-electron chi connectivity index (χ3n) is 5.95. The molecule has 0 radical (unpaired) electrons. The Morgan fingerprint density at radius 3 is 1.94 bits per heavy atom. The van der Waals surface area contributed by atoms with Gasteiger partial charge in [0.05, 0.1) is 11.0 Å². The summed E-state index contributed by atoms with van der Waals surface area (Å²) < 4.78 is 75.3. The maximum absolute atomic E-state index is 8.92. The Balaban J connectivity index is 1.82. The summed E-state index contributed by atoms with van der Waals surface area (Å²) in [5, 5.41) is 4.09. The Labute approximate surface area is 204 Å². The molecule has 2 heteroatoms. The van der Waals surface area contributed by atoms with Crippen molar-refractivity contribution in [1.29, 1.82) is 0 Å². The van der Waals surface area contributed by atoms with Gasteiger partial charge in [-0.25, -0.2) is 0 Å². The Bertz CT molecular complexity index is 2190. The minimum atomic E-state index is -0.430. The van der Waals surface area contributed by atoms with Crippen LogP contribution in [0.1, 0.15) is 11.0 Å². The quantitative estimate of drug-likeness (QED) is 0.213. The first-order valence-electron chi connectivity index (χ1n) is 14.1. The van der Waals surface area contributed by atoms with Crippen LogP contribution in [0.5, 0.6) is 0 Å². The van der Waals surface area contributed by atoms with Crippen molar-refractivity contribution in [2.24, 2.45) is 0 Å². The van der Waals surface area contributed by atoms with Gasteiger partial charge in [0.25, 0.3) is 0 Å². The minimum absolute atomic E-state index is 0.147. The van der Waals surface area contributed by atoms with Crippen LogP contribution in [-0.2, 0) is 0 Å². The number of rotatable bonds is 1. The van der Waals surface area contributed by atoms with Crippen LogP contribution in [0, 0.1) is 0 Å². The number of halogens is 1. The molecule has 0 saturated carbocycles. The smallest absolute Gasteiger partial charge is 0.136 e. The summed E-state index contributed by atoms with van der Waals surface area (Å²) in [6.45, 7) is 0. The first-order chi connectivity index (χ1) is 19.1. The van der Waals surface area contributed by atoms with E-state index in [-0.39, 0.29) is 50.2 Å². The van der Waals surface area contributed by atoms with Crippen molar-refractivity contribution in [2.75, 3.05) is 0 Å². The molecule has 0 aliphatic heterocycles. The van der Waals surface area contributed by atoms with Gasteiger partial charge in [-0.1, -0.05) is 84.7 Å². The molecule has 0 amide bonds. The van der Waals surface area contributed by atoms with Gasteiger partial charge in [0.15, 0.2) is 0 Å². The lowest BCUT2D eigenvalue weighted by atomic mass is 9.89. The summed E-state index contributed by atoms with van der Waals surface area (Å²) in [6, 6.07) is 14.3. The monoisotopic (exact) mass is 480 g/mol. The molecule has 0 fully saturated rings. The second-order valence-electron chi connectivity index (χ2n) is 7.67. The van der Waals surface area contributed by atoms with Crippen LogP contribution < -0.4 is 0 Å². The van der Waals surface area contributed by atoms with Crippen molar-refractivity contribution < 1.29 is 15.4 Å². The minimum Gasteiger partial charge on any atom is -0.456 e. The molecule has 0 saturated heterocycles. The zero-order valence-electron chi connectivity index (χ0n) is 24.5. The van der Waals surface area contributed by atoms with Crippen LogP contribution in [0.25, 0.3) is 65.4 Å². The fraction of sp³-hybridized carbons (Fsp3) is 0. The molecule has 32 heavy (non-hydrogen) atoms. The topological polar surface area (TPSA) is 13.1 Å². The molecule has 0 atom stereocenters. The molecule has 150 valence electrons. The largest absolute Gasteiger partial charge is 0.456 e. The second-order valence-corrected chi connectivity index (χ2v) is 8.46. The molecule has 1 aromatic heterocycles. The van der Waals surface area contributed by atoms with E-state index >= 15 is 0 Å². The van der Waals surface area contributed by atoms with Crippen molar-refractivity contribution in [3.8, 4) is 11.1 Å². The molecule has 7 rings (SSSR count). The van der Waals surface area contributed by atoms with Crippen LogP contribution in [0.15, 0.2) is 112 Å². The van der Waals surface area contributed by atoms with Gasteiger partial charge in [-0.15, -0.1) is 0 Å². The third kappa shape index (κ3) is 2.44. The molecule has 0 aliphatic rings. The Kier molecular flexibility index (Phi) is 2.48. The molecule has 0 aliphatic carbocycles. The molecule has 0 bridgehead atoms. The predicted molar refractivity (Wildman–Crippen MR) is 139 cm³/mol. The number of furan rings is 1.